The van der Waals surface area contributed by atoms with Gasteiger partial charge in [0.1, 0.15) is 0 Å². The van der Waals surface area contributed by atoms with Gasteiger partial charge >= 0.3 is 0 Å². The number of hydrogen-bond donors (Lipinski definition) is 0. The fraction of sp³-hybridized carbons (Fsp3) is 0.188. The Morgan fingerprint density at radius 1 is 1.00 bits per heavy atom. The maximum Gasteiger partial charge on any atom is 0.163 e. The second-order valence-corrected chi connectivity index (χ2v) is 5.35. The van der Waals surface area contributed by atoms with Crippen LogP contribution in [0.5, 0.6) is 0 Å². The summed E-state index contributed by atoms with van der Waals surface area (Å²) >= 11 is 11.7. The first-order valence-electron chi connectivity index (χ1n) is 6.10. The Balaban J connectivity index is 2.01. The number of rotatable bonds is 4. The minimum Gasteiger partial charge on any atom is -0.294 e. The molecule has 0 aromatic heterocycles. The van der Waals surface area contributed by atoms with Crippen molar-refractivity contribution in [1.82, 2.24) is 0 Å². The van der Waals surface area contributed by atoms with Crippen LogP contribution in [-0.2, 0) is 6.42 Å². The van der Waals surface area contributed by atoms with E-state index in [1.807, 2.05) is 6.92 Å². The maximum atomic E-state index is 12.0. The third-order valence-corrected chi connectivity index (χ3v) is 3.74. The van der Waals surface area contributed by atoms with Crippen molar-refractivity contribution in [3.05, 3.63) is 69.2 Å². The zero-order valence-electron chi connectivity index (χ0n) is 10.6. The van der Waals surface area contributed by atoms with Gasteiger partial charge in [0.15, 0.2) is 5.78 Å². The van der Waals surface area contributed by atoms with Crippen molar-refractivity contribution in [3.63, 3.8) is 0 Å². The van der Waals surface area contributed by atoms with Crippen LogP contribution in [0.1, 0.15) is 27.9 Å². The summed E-state index contributed by atoms with van der Waals surface area (Å²) in [7, 11) is 0. The van der Waals surface area contributed by atoms with E-state index < -0.39 is 0 Å². The summed E-state index contributed by atoms with van der Waals surface area (Å²) in [5, 5.41) is 0.889. The highest BCUT2D eigenvalue weighted by Crippen LogP contribution is 2.23. The molecule has 0 radical (unpaired) electrons. The number of halogens is 2. The van der Waals surface area contributed by atoms with E-state index in [2.05, 4.69) is 24.3 Å². The van der Waals surface area contributed by atoms with Gasteiger partial charge in [0, 0.05) is 12.0 Å². The highest BCUT2D eigenvalue weighted by Gasteiger charge is 2.08. The zero-order chi connectivity index (χ0) is 13.8. The van der Waals surface area contributed by atoms with E-state index in [-0.39, 0.29) is 5.78 Å². The Hall–Kier alpha value is -1.31. The number of benzene rings is 2. The third-order valence-electron chi connectivity index (χ3n) is 3.00. The van der Waals surface area contributed by atoms with Crippen molar-refractivity contribution in [2.75, 3.05) is 0 Å². The van der Waals surface area contributed by atoms with Crippen LogP contribution in [-0.4, -0.2) is 5.78 Å². The van der Waals surface area contributed by atoms with E-state index >= 15 is 0 Å². The lowest BCUT2D eigenvalue weighted by atomic mass is 10.0. The van der Waals surface area contributed by atoms with Gasteiger partial charge in [-0.25, -0.2) is 0 Å². The molecule has 1 nitrogen and oxygen atoms in total. The molecule has 0 aliphatic carbocycles. The third kappa shape index (κ3) is 3.82. The van der Waals surface area contributed by atoms with Crippen molar-refractivity contribution in [1.29, 1.82) is 0 Å². The molecule has 98 valence electrons. The van der Waals surface area contributed by atoms with Crippen LogP contribution in [0.25, 0.3) is 0 Å². The summed E-state index contributed by atoms with van der Waals surface area (Å²) in [5.74, 6) is 0.0825. The molecule has 0 atom stereocenters. The summed E-state index contributed by atoms with van der Waals surface area (Å²) in [6, 6.07) is 13.2. The van der Waals surface area contributed by atoms with Gasteiger partial charge in [-0.1, -0.05) is 53.0 Å². The topological polar surface area (TPSA) is 17.1 Å². The molecule has 19 heavy (non-hydrogen) atoms. The molecule has 2 rings (SSSR count). The van der Waals surface area contributed by atoms with Crippen LogP contribution < -0.4 is 0 Å². The van der Waals surface area contributed by atoms with Crippen LogP contribution in [0.4, 0.5) is 0 Å². The van der Waals surface area contributed by atoms with Crippen LogP contribution in [0.3, 0.4) is 0 Å². The Morgan fingerprint density at radius 3 is 2.32 bits per heavy atom. The standard InChI is InChI=1S/C16H14Cl2O/c1-11-2-4-12(5-3-11)6-9-16(19)13-7-8-14(17)15(18)10-13/h2-5,7-8,10H,6,9H2,1H3. The van der Waals surface area contributed by atoms with Crippen LogP contribution in [0.2, 0.25) is 10.0 Å². The molecule has 0 aliphatic heterocycles. The molecule has 0 amide bonds. The number of aryl methyl sites for hydroxylation is 2. The molecule has 0 heterocycles. The molecular formula is C16H14Cl2O. The molecule has 0 N–H and O–H groups in total. The van der Waals surface area contributed by atoms with Crippen LogP contribution in [0, 0.1) is 6.92 Å². The normalized spacial score (nSPS) is 10.5. The molecule has 0 bridgehead atoms. The van der Waals surface area contributed by atoms with E-state index in [4.69, 9.17) is 23.2 Å². The van der Waals surface area contributed by atoms with Crippen LogP contribution in [0.15, 0.2) is 42.5 Å². The smallest absolute Gasteiger partial charge is 0.163 e. The number of hydrogen-bond acceptors (Lipinski definition) is 1. The first kappa shape index (κ1) is 14.1. The number of carbonyl (C=O) groups is 1. The second kappa shape index (κ2) is 6.23. The van der Waals surface area contributed by atoms with Crippen LogP contribution >= 0.6 is 23.2 Å². The van der Waals surface area contributed by atoms with Crippen molar-refractivity contribution in [3.8, 4) is 0 Å². The minimum absolute atomic E-state index is 0.0825. The lowest BCUT2D eigenvalue weighted by Crippen LogP contribution is -2.01. The Labute approximate surface area is 123 Å². The van der Waals surface area contributed by atoms with Gasteiger partial charge in [-0.05, 0) is 37.1 Å². The lowest BCUT2D eigenvalue weighted by molar-refractivity contribution is 0.0983. The van der Waals surface area contributed by atoms with E-state index in [0.717, 1.165) is 6.42 Å². The van der Waals surface area contributed by atoms with E-state index in [1.54, 1.807) is 18.2 Å². The minimum atomic E-state index is 0.0825. The average Bonchev–Trinajstić information content (AvgIpc) is 2.41. The molecule has 0 unspecified atom stereocenters. The summed E-state index contributed by atoms with van der Waals surface area (Å²) in [5.41, 5.74) is 3.00. The molecular weight excluding hydrogens is 279 g/mol. The molecule has 2 aromatic rings. The SMILES string of the molecule is Cc1ccc(CCC(=O)c2ccc(Cl)c(Cl)c2)cc1. The first-order valence-corrected chi connectivity index (χ1v) is 6.85. The lowest BCUT2D eigenvalue weighted by Gasteiger charge is -2.04. The van der Waals surface area contributed by atoms with Gasteiger partial charge in [0.2, 0.25) is 0 Å². The quantitative estimate of drug-likeness (QED) is 0.715. The summed E-state index contributed by atoms with van der Waals surface area (Å²) in [4.78, 5) is 12.0. The van der Waals surface area contributed by atoms with Crippen molar-refractivity contribution in [2.24, 2.45) is 0 Å². The summed E-state index contributed by atoms with van der Waals surface area (Å²) < 4.78 is 0. The van der Waals surface area contributed by atoms with Gasteiger partial charge in [0.05, 0.1) is 10.0 Å². The van der Waals surface area contributed by atoms with Crippen molar-refractivity contribution < 1.29 is 4.79 Å². The largest absolute Gasteiger partial charge is 0.294 e. The molecule has 0 saturated heterocycles. The Morgan fingerprint density at radius 2 is 1.68 bits per heavy atom. The highest BCUT2D eigenvalue weighted by atomic mass is 35.5. The molecule has 0 spiro atoms. The maximum absolute atomic E-state index is 12.0. The van der Waals surface area contributed by atoms with E-state index in [0.29, 0.717) is 22.0 Å². The summed E-state index contributed by atoms with van der Waals surface area (Å²) in [6.07, 6.45) is 1.21. The second-order valence-electron chi connectivity index (χ2n) is 4.54. The number of ketones is 1. The monoisotopic (exact) mass is 292 g/mol. The average molecular weight is 293 g/mol. The first-order chi connectivity index (χ1) is 9.06. The Kier molecular flexibility index (Phi) is 4.62. The van der Waals surface area contributed by atoms with E-state index in [9.17, 15) is 4.79 Å². The van der Waals surface area contributed by atoms with Gasteiger partial charge in [-0.15, -0.1) is 0 Å². The number of carbonyl (C=O) groups excluding carboxylic acids is 1. The molecule has 2 aromatic carbocycles. The molecule has 0 aliphatic rings. The van der Waals surface area contributed by atoms with Gasteiger partial charge < -0.3 is 0 Å². The van der Waals surface area contributed by atoms with Gasteiger partial charge in [0.25, 0.3) is 0 Å². The van der Waals surface area contributed by atoms with Gasteiger partial charge in [-0.2, -0.15) is 0 Å². The summed E-state index contributed by atoms with van der Waals surface area (Å²) in [6.45, 7) is 2.05. The van der Waals surface area contributed by atoms with Crippen molar-refractivity contribution >= 4 is 29.0 Å². The molecule has 3 heteroatoms. The predicted molar refractivity (Wildman–Crippen MR) is 80.3 cm³/mol. The molecule has 0 fully saturated rings. The van der Waals surface area contributed by atoms with Gasteiger partial charge in [-0.3, -0.25) is 4.79 Å². The fourth-order valence-corrected chi connectivity index (χ4v) is 2.12. The fourth-order valence-electron chi connectivity index (χ4n) is 1.83. The molecule has 0 saturated carbocycles. The predicted octanol–water partition coefficient (Wildman–Crippen LogP) is 5.12. The zero-order valence-corrected chi connectivity index (χ0v) is 12.1. The highest BCUT2D eigenvalue weighted by molar-refractivity contribution is 6.42. The Bertz CT molecular complexity index is 588. The van der Waals surface area contributed by atoms with Crippen molar-refractivity contribution in [2.45, 2.75) is 19.8 Å². The number of Topliss-reactive ketones (excluding diaryl/α,β-unsaturated/α-hetero) is 1. The van der Waals surface area contributed by atoms with E-state index in [1.165, 1.54) is 11.1 Å².